The van der Waals surface area contributed by atoms with Crippen LogP contribution in [0.5, 0.6) is 0 Å². The lowest BCUT2D eigenvalue weighted by atomic mass is 9.81. The van der Waals surface area contributed by atoms with Gasteiger partial charge in [0.2, 0.25) is 0 Å². The summed E-state index contributed by atoms with van der Waals surface area (Å²) in [6.07, 6.45) is 0. The van der Waals surface area contributed by atoms with E-state index in [-0.39, 0.29) is 10.8 Å². The molecular formula is C116H78N2O2. The van der Waals surface area contributed by atoms with E-state index in [4.69, 9.17) is 8.83 Å². The van der Waals surface area contributed by atoms with Crippen LogP contribution in [0.25, 0.3) is 188 Å². The van der Waals surface area contributed by atoms with Gasteiger partial charge in [-0.3, -0.25) is 0 Å². The molecule has 0 unspecified atom stereocenters. The van der Waals surface area contributed by atoms with E-state index in [0.29, 0.717) is 0 Å². The molecule has 0 fully saturated rings. The first-order valence-corrected chi connectivity index (χ1v) is 41.7. The SMILES string of the molecule is CC1(C)c2cc(-c3ccccc3)ccc2-c2ccc(N(c3ccc(-c4ccc5c(c4)oc4ccccc45)cc3)c3ccc(-c4ccc5c6c(cccc46)-c4cc(-c6cccc(-c7ccc8c(c7)C(C)(C)c7cc(N(c9ccc(-c%10ccc%11c(c%10)oc%10ccccc%10%11)cc9)c9ccc(-c%10ccccc%10)c%10ccccc9%10)ccc7-8)c6)ccc4-5)cc3)cc21. The standard InChI is InChI=1S/C116H78N2O2/c1-115(2)105-65-79(71-19-7-5-8-20-71)40-53-92(105)94-57-50-86(69-107(94)115)117(83-44-33-72(34-45-83)81-42-55-99-97-27-13-15-31-110(97)119-112(99)67-81)84-48-37-75(38-49-84)89-59-60-103-91-52-39-78(64-104(91)102-30-18-29-101(89)114(102)103)76-23-17-24-77(63-76)80-41-54-93-95-58-51-87(70-108(95)116(3,4)106(93)66-80)118(109-62-61-88(74-21-9-6-10-22-74)90-25-11-12-26-96(90)109)85-46-35-73(36-47-85)82-43-56-100-98-28-14-16-32-111(98)120-113(100)68-82/h5-70H,1-4H3. The number of nitrogens with zero attached hydrogens (tertiary/aromatic N) is 2. The number of para-hydroxylation sites is 2. The van der Waals surface area contributed by atoms with Crippen LogP contribution in [0.4, 0.5) is 34.1 Å². The molecule has 4 heteroatoms. The Morgan fingerprint density at radius 2 is 0.508 bits per heavy atom. The molecule has 0 saturated carbocycles. The van der Waals surface area contributed by atoms with Gasteiger partial charge in [-0.25, -0.2) is 0 Å². The number of furan rings is 2. The summed E-state index contributed by atoms with van der Waals surface area (Å²) in [5, 5.41) is 9.47. The maximum atomic E-state index is 6.38. The highest BCUT2D eigenvalue weighted by Crippen LogP contribution is 2.57. The summed E-state index contributed by atoms with van der Waals surface area (Å²) in [5.74, 6) is 0. The first-order valence-electron chi connectivity index (χ1n) is 41.7. The van der Waals surface area contributed by atoms with Crippen LogP contribution in [0.3, 0.4) is 0 Å². The van der Waals surface area contributed by atoms with Gasteiger partial charge in [0.05, 0.1) is 5.69 Å². The molecule has 2 aromatic heterocycles. The van der Waals surface area contributed by atoms with Gasteiger partial charge in [-0.05, 0) is 288 Å². The van der Waals surface area contributed by atoms with Crippen LogP contribution in [0, 0.1) is 0 Å². The zero-order chi connectivity index (χ0) is 79.6. The van der Waals surface area contributed by atoms with Gasteiger partial charge in [0.1, 0.15) is 22.3 Å². The fourth-order valence-corrected chi connectivity index (χ4v) is 20.3. The summed E-state index contributed by atoms with van der Waals surface area (Å²) in [5.41, 5.74) is 41.7. The topological polar surface area (TPSA) is 32.8 Å². The van der Waals surface area contributed by atoms with Gasteiger partial charge >= 0.3 is 0 Å². The summed E-state index contributed by atoms with van der Waals surface area (Å²) in [6.45, 7) is 9.58. The van der Waals surface area contributed by atoms with Crippen LogP contribution in [0.15, 0.2) is 409 Å². The highest BCUT2D eigenvalue weighted by Gasteiger charge is 2.39. The number of anilines is 6. The van der Waals surface area contributed by atoms with E-state index >= 15 is 0 Å². The molecule has 0 amide bonds. The van der Waals surface area contributed by atoms with Crippen LogP contribution >= 0.6 is 0 Å². The number of fused-ring (bicyclic) bond motifs is 16. The fraction of sp³-hybridized carbons (Fsp3) is 0.0517. The van der Waals surface area contributed by atoms with Gasteiger partial charge in [-0.15, -0.1) is 0 Å². The Hall–Kier alpha value is -15.1. The molecule has 3 aliphatic rings. The third kappa shape index (κ3) is 10.9. The van der Waals surface area contributed by atoms with Crippen LogP contribution in [-0.4, -0.2) is 0 Å². The van der Waals surface area contributed by atoms with E-state index in [1.54, 1.807) is 0 Å². The van der Waals surface area contributed by atoms with E-state index < -0.39 is 0 Å². The maximum Gasteiger partial charge on any atom is 0.136 e. The van der Waals surface area contributed by atoms with E-state index in [1.165, 1.54) is 144 Å². The minimum Gasteiger partial charge on any atom is -0.456 e. The largest absolute Gasteiger partial charge is 0.456 e. The second-order valence-corrected chi connectivity index (χ2v) is 33.8. The normalized spacial score (nSPS) is 13.1. The van der Waals surface area contributed by atoms with Crippen molar-refractivity contribution < 1.29 is 8.83 Å². The van der Waals surface area contributed by atoms with Crippen LogP contribution < -0.4 is 9.80 Å². The lowest BCUT2D eigenvalue weighted by molar-refractivity contribution is 0.660. The summed E-state index contributed by atoms with van der Waals surface area (Å²) in [4.78, 5) is 4.89. The number of rotatable bonds is 13. The molecule has 0 spiro atoms. The van der Waals surface area contributed by atoms with Gasteiger partial charge in [0, 0.05) is 66.2 Å². The fourth-order valence-electron chi connectivity index (χ4n) is 20.3. The lowest BCUT2D eigenvalue weighted by Gasteiger charge is -2.29. The predicted octanol–water partition coefficient (Wildman–Crippen LogP) is 32.7. The monoisotopic (exact) mass is 1530 g/mol. The molecule has 564 valence electrons. The van der Waals surface area contributed by atoms with Gasteiger partial charge in [0.15, 0.2) is 0 Å². The van der Waals surface area contributed by atoms with Gasteiger partial charge in [0.25, 0.3) is 0 Å². The smallest absolute Gasteiger partial charge is 0.136 e. The lowest BCUT2D eigenvalue weighted by Crippen LogP contribution is -2.17. The molecule has 3 aliphatic carbocycles. The van der Waals surface area contributed by atoms with E-state index in [2.05, 4.69) is 414 Å². The molecular weight excluding hydrogens is 1450 g/mol. The summed E-state index contributed by atoms with van der Waals surface area (Å²) in [7, 11) is 0. The summed E-state index contributed by atoms with van der Waals surface area (Å²) < 4.78 is 12.8. The molecule has 0 N–H and O–H groups in total. The van der Waals surface area contributed by atoms with Crippen molar-refractivity contribution in [1.29, 1.82) is 0 Å². The number of benzene rings is 19. The Labute approximate surface area is 697 Å². The van der Waals surface area contributed by atoms with Crippen LogP contribution in [0.2, 0.25) is 0 Å². The van der Waals surface area contributed by atoms with Crippen molar-refractivity contribution in [1.82, 2.24) is 0 Å². The predicted molar refractivity (Wildman–Crippen MR) is 503 cm³/mol. The molecule has 19 aromatic carbocycles. The average molecular weight is 1530 g/mol. The highest BCUT2D eigenvalue weighted by atomic mass is 16.3. The molecule has 21 aromatic rings. The Morgan fingerprint density at radius 1 is 0.175 bits per heavy atom. The second-order valence-electron chi connectivity index (χ2n) is 33.8. The van der Waals surface area contributed by atoms with E-state index in [9.17, 15) is 0 Å². The minimum absolute atomic E-state index is 0.234. The first kappa shape index (κ1) is 69.2. The summed E-state index contributed by atoms with van der Waals surface area (Å²) >= 11 is 0. The number of hydrogen-bond donors (Lipinski definition) is 0. The van der Waals surface area contributed by atoms with Gasteiger partial charge in [-0.1, -0.05) is 301 Å². The first-order chi connectivity index (χ1) is 58.9. The van der Waals surface area contributed by atoms with Crippen LogP contribution in [0.1, 0.15) is 49.9 Å². The van der Waals surface area contributed by atoms with E-state index in [0.717, 1.165) is 100 Å². The third-order valence-corrected chi connectivity index (χ3v) is 26.5. The molecule has 2 heterocycles. The van der Waals surface area contributed by atoms with Crippen molar-refractivity contribution >= 4 is 99.5 Å². The van der Waals surface area contributed by atoms with Crippen molar-refractivity contribution in [3.63, 3.8) is 0 Å². The van der Waals surface area contributed by atoms with Crippen LogP contribution in [-0.2, 0) is 10.8 Å². The van der Waals surface area contributed by atoms with Crippen molar-refractivity contribution in [3.05, 3.63) is 423 Å². The molecule has 4 nitrogen and oxygen atoms in total. The van der Waals surface area contributed by atoms with Gasteiger partial charge in [-0.2, -0.15) is 0 Å². The third-order valence-electron chi connectivity index (χ3n) is 26.5. The molecule has 0 bridgehead atoms. The molecule has 0 atom stereocenters. The molecule has 0 radical (unpaired) electrons. The molecule has 0 saturated heterocycles. The number of hydrogen-bond acceptors (Lipinski definition) is 4. The molecule has 24 rings (SSSR count). The summed E-state index contributed by atoms with van der Waals surface area (Å²) in [6, 6.07) is 148. The van der Waals surface area contributed by atoms with Crippen molar-refractivity contribution in [2.75, 3.05) is 9.80 Å². The van der Waals surface area contributed by atoms with Crippen molar-refractivity contribution in [2.45, 2.75) is 38.5 Å². The van der Waals surface area contributed by atoms with E-state index in [1.807, 2.05) is 24.3 Å². The zero-order valence-electron chi connectivity index (χ0n) is 66.8. The molecule has 120 heavy (non-hydrogen) atoms. The Bertz CT molecular complexity index is 7810. The highest BCUT2D eigenvalue weighted by molar-refractivity contribution is 6.19. The van der Waals surface area contributed by atoms with Gasteiger partial charge < -0.3 is 18.6 Å². The minimum atomic E-state index is -0.312. The maximum absolute atomic E-state index is 6.38. The van der Waals surface area contributed by atoms with Crippen molar-refractivity contribution in [3.8, 4) is 122 Å². The Balaban J connectivity index is 0.534. The average Bonchev–Trinajstić information content (AvgIpc) is 1.57. The quantitative estimate of drug-likeness (QED) is 0.115. The second kappa shape index (κ2) is 26.7. The molecule has 0 aliphatic heterocycles. The Morgan fingerprint density at radius 3 is 1.08 bits per heavy atom. The Kier molecular flexibility index (Phi) is 15.4. The zero-order valence-corrected chi connectivity index (χ0v) is 66.8. The van der Waals surface area contributed by atoms with Crippen molar-refractivity contribution in [2.24, 2.45) is 0 Å².